The molecule has 2 aromatic carbocycles. The van der Waals surface area contributed by atoms with E-state index in [4.69, 9.17) is 4.74 Å². The Balaban J connectivity index is 1.60. The van der Waals surface area contributed by atoms with Crippen molar-refractivity contribution in [2.75, 3.05) is 14.2 Å². The van der Waals surface area contributed by atoms with E-state index in [0.29, 0.717) is 19.5 Å². The zero-order chi connectivity index (χ0) is 17.8. The molecule has 25 heavy (non-hydrogen) atoms. The quantitative estimate of drug-likeness (QED) is 0.691. The zero-order valence-corrected chi connectivity index (χ0v) is 14.3. The second kappa shape index (κ2) is 7.34. The summed E-state index contributed by atoms with van der Waals surface area (Å²) < 4.78 is 20.6. The van der Waals surface area contributed by atoms with Gasteiger partial charge in [-0.25, -0.2) is 9.37 Å². The number of imidazole rings is 1. The molecular weight excluding hydrogens is 321 g/mol. The highest BCUT2D eigenvalue weighted by molar-refractivity contribution is 5.77. The molecular formula is C19H20FN3O2. The van der Waals surface area contributed by atoms with Crippen LogP contribution in [0.25, 0.3) is 11.0 Å². The van der Waals surface area contributed by atoms with E-state index in [2.05, 4.69) is 4.98 Å². The molecule has 1 heterocycles. The first-order valence-electron chi connectivity index (χ1n) is 8.04. The Hall–Kier alpha value is -2.89. The van der Waals surface area contributed by atoms with Crippen LogP contribution in [0.5, 0.6) is 5.75 Å². The number of hydrogen-bond donors (Lipinski definition) is 0. The fraction of sp³-hybridized carbons (Fsp3) is 0.263. The molecule has 0 atom stereocenters. The van der Waals surface area contributed by atoms with Crippen LogP contribution >= 0.6 is 0 Å². The van der Waals surface area contributed by atoms with Gasteiger partial charge >= 0.3 is 0 Å². The van der Waals surface area contributed by atoms with E-state index in [0.717, 1.165) is 16.6 Å². The van der Waals surface area contributed by atoms with Gasteiger partial charge in [0.25, 0.3) is 0 Å². The molecule has 6 heteroatoms. The van der Waals surface area contributed by atoms with Crippen LogP contribution in [0.3, 0.4) is 0 Å². The molecule has 0 N–H and O–H groups in total. The van der Waals surface area contributed by atoms with Gasteiger partial charge in [-0.05, 0) is 29.8 Å². The molecule has 3 rings (SSSR count). The van der Waals surface area contributed by atoms with Crippen molar-refractivity contribution in [3.63, 3.8) is 0 Å². The van der Waals surface area contributed by atoms with Crippen molar-refractivity contribution in [3.05, 3.63) is 60.2 Å². The Morgan fingerprint density at radius 1 is 1.28 bits per heavy atom. The number of benzene rings is 2. The molecule has 3 aromatic rings. The Labute approximate surface area is 145 Å². The lowest BCUT2D eigenvalue weighted by Gasteiger charge is -2.18. The summed E-state index contributed by atoms with van der Waals surface area (Å²) in [7, 11) is 3.14. The summed E-state index contributed by atoms with van der Waals surface area (Å²) in [6.45, 7) is 0.908. The van der Waals surface area contributed by atoms with Crippen molar-refractivity contribution in [2.24, 2.45) is 0 Å². The number of carbonyl (C=O) groups excluding carboxylic acids is 1. The van der Waals surface area contributed by atoms with Crippen LogP contribution in [0.2, 0.25) is 0 Å². The summed E-state index contributed by atoms with van der Waals surface area (Å²) >= 11 is 0. The number of rotatable bonds is 6. The van der Waals surface area contributed by atoms with E-state index in [1.807, 2.05) is 28.8 Å². The van der Waals surface area contributed by atoms with Gasteiger partial charge in [0.15, 0.2) is 11.6 Å². The molecule has 1 amide bonds. The molecule has 0 saturated heterocycles. The van der Waals surface area contributed by atoms with Gasteiger partial charge in [0.1, 0.15) is 0 Å². The molecule has 0 fully saturated rings. The molecule has 0 saturated carbocycles. The maximum absolute atomic E-state index is 13.7. The van der Waals surface area contributed by atoms with Gasteiger partial charge in [0, 0.05) is 26.6 Å². The van der Waals surface area contributed by atoms with Gasteiger partial charge in [-0.2, -0.15) is 0 Å². The smallest absolute Gasteiger partial charge is 0.224 e. The Kier molecular flexibility index (Phi) is 4.97. The number of hydrogen-bond acceptors (Lipinski definition) is 3. The predicted octanol–water partition coefficient (Wildman–Crippen LogP) is 3.23. The van der Waals surface area contributed by atoms with Crippen LogP contribution in [0.15, 0.2) is 48.8 Å². The van der Waals surface area contributed by atoms with Crippen molar-refractivity contribution in [1.29, 1.82) is 0 Å². The highest BCUT2D eigenvalue weighted by Gasteiger charge is 2.12. The molecule has 0 unspecified atom stereocenters. The lowest BCUT2D eigenvalue weighted by Crippen LogP contribution is -2.27. The van der Waals surface area contributed by atoms with Crippen molar-refractivity contribution in [2.45, 2.75) is 19.5 Å². The fourth-order valence-corrected chi connectivity index (χ4v) is 2.77. The standard InChI is InChI=1S/C19H20FN3O2/c1-22(12-14-7-8-18(25-2)15(20)11-14)19(24)9-10-23-13-21-16-5-3-4-6-17(16)23/h3-8,11,13H,9-10,12H2,1-2H3. The highest BCUT2D eigenvalue weighted by Crippen LogP contribution is 2.19. The number of nitrogens with zero attached hydrogens (tertiary/aromatic N) is 3. The second-order valence-corrected chi connectivity index (χ2v) is 5.90. The van der Waals surface area contributed by atoms with Crippen LogP contribution in [-0.2, 0) is 17.9 Å². The van der Waals surface area contributed by atoms with Crippen LogP contribution in [-0.4, -0.2) is 34.5 Å². The molecule has 0 aliphatic heterocycles. The molecule has 1 aromatic heterocycles. The molecule has 0 spiro atoms. The van der Waals surface area contributed by atoms with Crippen LogP contribution in [0.4, 0.5) is 4.39 Å². The SMILES string of the molecule is COc1ccc(CN(C)C(=O)CCn2cnc3ccccc32)cc1F. The number of halogens is 1. The van der Waals surface area contributed by atoms with Crippen LogP contribution < -0.4 is 4.74 Å². The number of carbonyl (C=O) groups is 1. The summed E-state index contributed by atoms with van der Waals surface area (Å²) in [5.74, 6) is -0.232. The molecule has 5 nitrogen and oxygen atoms in total. The number of ether oxygens (including phenoxy) is 1. The van der Waals surface area contributed by atoms with Gasteiger partial charge in [0.05, 0.1) is 24.5 Å². The number of para-hydroxylation sites is 2. The number of fused-ring (bicyclic) bond motifs is 1. The van der Waals surface area contributed by atoms with Gasteiger partial charge < -0.3 is 14.2 Å². The molecule has 130 valence electrons. The number of aryl methyl sites for hydroxylation is 1. The highest BCUT2D eigenvalue weighted by atomic mass is 19.1. The van der Waals surface area contributed by atoms with Gasteiger partial charge in [-0.3, -0.25) is 4.79 Å². The average Bonchev–Trinajstić information content (AvgIpc) is 3.03. The first kappa shape index (κ1) is 17.0. The van der Waals surface area contributed by atoms with Crippen LogP contribution in [0.1, 0.15) is 12.0 Å². The minimum absolute atomic E-state index is 0.00555. The normalized spacial score (nSPS) is 10.8. The largest absolute Gasteiger partial charge is 0.494 e. The number of amides is 1. The molecule has 0 aliphatic rings. The van der Waals surface area contributed by atoms with Crippen LogP contribution in [0, 0.1) is 5.82 Å². The second-order valence-electron chi connectivity index (χ2n) is 5.90. The topological polar surface area (TPSA) is 47.4 Å². The minimum Gasteiger partial charge on any atom is -0.494 e. The fourth-order valence-electron chi connectivity index (χ4n) is 2.77. The van der Waals surface area contributed by atoms with E-state index < -0.39 is 5.82 Å². The van der Waals surface area contributed by atoms with Gasteiger partial charge in [-0.15, -0.1) is 0 Å². The van der Waals surface area contributed by atoms with E-state index >= 15 is 0 Å². The number of aromatic nitrogens is 2. The van der Waals surface area contributed by atoms with E-state index in [-0.39, 0.29) is 11.7 Å². The summed E-state index contributed by atoms with van der Waals surface area (Å²) in [6.07, 6.45) is 2.10. The minimum atomic E-state index is -0.425. The molecule has 0 bridgehead atoms. The summed E-state index contributed by atoms with van der Waals surface area (Å²) in [6, 6.07) is 12.5. The summed E-state index contributed by atoms with van der Waals surface area (Å²) in [4.78, 5) is 18.3. The lowest BCUT2D eigenvalue weighted by atomic mass is 10.2. The van der Waals surface area contributed by atoms with Gasteiger partial charge in [0.2, 0.25) is 5.91 Å². The summed E-state index contributed by atoms with van der Waals surface area (Å²) in [5, 5.41) is 0. The van der Waals surface area contributed by atoms with Crippen molar-refractivity contribution in [1.82, 2.24) is 14.5 Å². The monoisotopic (exact) mass is 341 g/mol. The Morgan fingerprint density at radius 3 is 2.84 bits per heavy atom. The number of methoxy groups -OCH3 is 1. The van der Waals surface area contributed by atoms with Crippen molar-refractivity contribution in [3.8, 4) is 5.75 Å². The van der Waals surface area contributed by atoms with Gasteiger partial charge in [-0.1, -0.05) is 18.2 Å². The molecule has 0 radical (unpaired) electrons. The zero-order valence-electron chi connectivity index (χ0n) is 14.3. The van der Waals surface area contributed by atoms with Crippen molar-refractivity contribution >= 4 is 16.9 Å². The Bertz CT molecular complexity index is 891. The van der Waals surface area contributed by atoms with Crippen molar-refractivity contribution < 1.29 is 13.9 Å². The third-order valence-electron chi connectivity index (χ3n) is 4.16. The maximum Gasteiger partial charge on any atom is 0.224 e. The van der Waals surface area contributed by atoms with E-state index in [9.17, 15) is 9.18 Å². The third-order valence-corrected chi connectivity index (χ3v) is 4.16. The van der Waals surface area contributed by atoms with E-state index in [1.165, 1.54) is 13.2 Å². The summed E-state index contributed by atoms with van der Waals surface area (Å²) in [5.41, 5.74) is 2.65. The average molecular weight is 341 g/mol. The Morgan fingerprint density at radius 2 is 2.08 bits per heavy atom. The predicted molar refractivity (Wildman–Crippen MR) is 93.8 cm³/mol. The molecule has 0 aliphatic carbocycles. The van der Waals surface area contributed by atoms with E-state index in [1.54, 1.807) is 30.4 Å². The maximum atomic E-state index is 13.7. The lowest BCUT2D eigenvalue weighted by molar-refractivity contribution is -0.130. The first-order chi connectivity index (χ1) is 12.1. The first-order valence-corrected chi connectivity index (χ1v) is 8.04. The third kappa shape index (κ3) is 3.79.